The van der Waals surface area contributed by atoms with Crippen LogP contribution in [0.3, 0.4) is 0 Å². The minimum Gasteiger partial charge on any atom is -0.485 e. The molecule has 0 spiro atoms. The first kappa shape index (κ1) is 14.4. The van der Waals surface area contributed by atoms with Crippen LogP contribution in [0.25, 0.3) is 0 Å². The fraction of sp³-hybridized carbons (Fsp3) is 0.375. The summed E-state index contributed by atoms with van der Waals surface area (Å²) in [4.78, 5) is 12.4. The van der Waals surface area contributed by atoms with Crippen LogP contribution >= 0.6 is 0 Å². The highest BCUT2D eigenvalue weighted by atomic mass is 16.6. The molecule has 1 aromatic heterocycles. The fourth-order valence-corrected chi connectivity index (χ4v) is 2.29. The van der Waals surface area contributed by atoms with Gasteiger partial charge in [0, 0.05) is 12.6 Å². The van der Waals surface area contributed by atoms with Crippen LogP contribution in [-0.2, 0) is 11.3 Å². The molecule has 6 heteroatoms. The molecule has 2 heterocycles. The van der Waals surface area contributed by atoms with E-state index in [1.807, 2.05) is 18.2 Å². The van der Waals surface area contributed by atoms with Gasteiger partial charge in [-0.15, -0.1) is 0 Å². The molecule has 1 amide bonds. The molecule has 2 aromatic rings. The van der Waals surface area contributed by atoms with Gasteiger partial charge in [-0.25, -0.2) is 4.68 Å². The van der Waals surface area contributed by atoms with E-state index in [9.17, 15) is 4.79 Å². The molecule has 1 aromatic carbocycles. The number of nitrogens with one attached hydrogen (secondary N) is 1. The van der Waals surface area contributed by atoms with Crippen molar-refractivity contribution in [3.05, 3.63) is 36.5 Å². The van der Waals surface area contributed by atoms with Crippen LogP contribution in [-0.4, -0.2) is 28.4 Å². The molecule has 1 aliphatic rings. The van der Waals surface area contributed by atoms with Crippen LogP contribution in [0.4, 0.5) is 5.82 Å². The second-order valence-corrected chi connectivity index (χ2v) is 5.65. The first-order valence-electron chi connectivity index (χ1n) is 7.34. The zero-order valence-corrected chi connectivity index (χ0v) is 12.7. The number of benzene rings is 1. The van der Waals surface area contributed by atoms with Crippen molar-refractivity contribution in [1.82, 2.24) is 9.78 Å². The Hall–Kier alpha value is -2.50. The summed E-state index contributed by atoms with van der Waals surface area (Å²) in [7, 11) is 0. The topological polar surface area (TPSA) is 65.4 Å². The second-order valence-electron chi connectivity index (χ2n) is 5.65. The Balaban J connectivity index is 1.67. The number of para-hydroxylation sites is 2. The molecule has 0 fully saturated rings. The third-order valence-corrected chi connectivity index (χ3v) is 3.31. The highest BCUT2D eigenvalue weighted by molar-refractivity contribution is 5.94. The number of ether oxygens (including phenoxy) is 2. The summed E-state index contributed by atoms with van der Waals surface area (Å²) in [5.74, 6) is 2.12. The number of nitrogens with zero attached hydrogens (tertiary/aromatic N) is 2. The van der Waals surface area contributed by atoms with Gasteiger partial charge in [0.05, 0.1) is 6.20 Å². The van der Waals surface area contributed by atoms with Gasteiger partial charge in [-0.05, 0) is 18.1 Å². The van der Waals surface area contributed by atoms with Gasteiger partial charge in [-0.2, -0.15) is 5.10 Å². The summed E-state index contributed by atoms with van der Waals surface area (Å²) in [6.45, 7) is 5.14. The Morgan fingerprint density at radius 1 is 1.36 bits per heavy atom. The van der Waals surface area contributed by atoms with E-state index in [0.717, 1.165) is 6.54 Å². The minimum atomic E-state index is -0.669. The van der Waals surface area contributed by atoms with E-state index >= 15 is 0 Å². The highest BCUT2D eigenvalue weighted by Crippen LogP contribution is 2.31. The molecule has 1 atom stereocenters. The Bertz CT molecular complexity index is 666. The summed E-state index contributed by atoms with van der Waals surface area (Å²) >= 11 is 0. The van der Waals surface area contributed by atoms with Crippen LogP contribution in [0.15, 0.2) is 36.5 Å². The molecule has 0 unspecified atom stereocenters. The Morgan fingerprint density at radius 2 is 2.14 bits per heavy atom. The second kappa shape index (κ2) is 6.09. The monoisotopic (exact) mass is 301 g/mol. The van der Waals surface area contributed by atoms with Crippen LogP contribution in [0, 0.1) is 5.92 Å². The summed E-state index contributed by atoms with van der Waals surface area (Å²) in [6.07, 6.45) is 1.00. The average molecular weight is 301 g/mol. The molecule has 0 bridgehead atoms. The standard InChI is InChI=1S/C16H19N3O3/c1-11(2)9-19-15(7-8-17-19)18-16(20)14-10-21-12-5-3-4-6-13(12)22-14/h3-8,11,14H,9-10H2,1-2H3,(H,18,20)/t14-/m1/s1. The maximum atomic E-state index is 12.4. The van der Waals surface area contributed by atoms with Crippen molar-refractivity contribution in [2.45, 2.75) is 26.5 Å². The molecular formula is C16H19N3O3. The lowest BCUT2D eigenvalue weighted by atomic mass is 10.2. The van der Waals surface area contributed by atoms with Gasteiger partial charge < -0.3 is 14.8 Å². The summed E-state index contributed by atoms with van der Waals surface area (Å²) in [6, 6.07) is 9.10. The summed E-state index contributed by atoms with van der Waals surface area (Å²) in [5, 5.41) is 7.07. The maximum Gasteiger partial charge on any atom is 0.270 e. The van der Waals surface area contributed by atoms with E-state index < -0.39 is 6.10 Å². The first-order chi connectivity index (χ1) is 10.6. The largest absolute Gasteiger partial charge is 0.485 e. The van der Waals surface area contributed by atoms with Crippen molar-refractivity contribution < 1.29 is 14.3 Å². The Labute approximate surface area is 129 Å². The molecular weight excluding hydrogens is 282 g/mol. The normalized spacial score (nSPS) is 16.6. The molecule has 0 aliphatic carbocycles. The zero-order chi connectivity index (χ0) is 15.5. The molecule has 1 aliphatic heterocycles. The van der Waals surface area contributed by atoms with Crippen LogP contribution in [0.5, 0.6) is 11.5 Å². The number of carbonyl (C=O) groups is 1. The van der Waals surface area contributed by atoms with Crippen molar-refractivity contribution in [3.63, 3.8) is 0 Å². The van der Waals surface area contributed by atoms with Crippen molar-refractivity contribution in [2.24, 2.45) is 5.92 Å². The maximum absolute atomic E-state index is 12.4. The van der Waals surface area contributed by atoms with Crippen molar-refractivity contribution in [2.75, 3.05) is 11.9 Å². The minimum absolute atomic E-state index is 0.196. The number of aromatic nitrogens is 2. The van der Waals surface area contributed by atoms with E-state index in [1.165, 1.54) is 0 Å². The van der Waals surface area contributed by atoms with Gasteiger partial charge >= 0.3 is 0 Å². The lowest BCUT2D eigenvalue weighted by Crippen LogP contribution is -2.40. The van der Waals surface area contributed by atoms with Crippen LogP contribution in [0.1, 0.15) is 13.8 Å². The quantitative estimate of drug-likeness (QED) is 0.941. The fourth-order valence-electron chi connectivity index (χ4n) is 2.29. The van der Waals surface area contributed by atoms with Crippen LogP contribution in [0.2, 0.25) is 0 Å². The highest BCUT2D eigenvalue weighted by Gasteiger charge is 2.27. The lowest BCUT2D eigenvalue weighted by molar-refractivity contribution is -0.125. The van der Waals surface area contributed by atoms with Gasteiger partial charge in [0.2, 0.25) is 6.10 Å². The molecule has 0 radical (unpaired) electrons. The van der Waals surface area contributed by atoms with Gasteiger partial charge in [0.25, 0.3) is 5.91 Å². The molecule has 3 rings (SSSR count). The number of hydrogen-bond donors (Lipinski definition) is 1. The summed E-state index contributed by atoms with van der Waals surface area (Å²) < 4.78 is 13.0. The number of rotatable bonds is 4. The van der Waals surface area contributed by atoms with Gasteiger partial charge in [-0.1, -0.05) is 26.0 Å². The van der Waals surface area contributed by atoms with Crippen molar-refractivity contribution in [3.8, 4) is 11.5 Å². The predicted octanol–water partition coefficient (Wildman–Crippen LogP) is 2.32. The molecule has 116 valence electrons. The number of anilines is 1. The number of hydrogen-bond acceptors (Lipinski definition) is 4. The van der Waals surface area contributed by atoms with E-state index in [4.69, 9.17) is 9.47 Å². The van der Waals surface area contributed by atoms with Gasteiger partial charge in [-0.3, -0.25) is 4.79 Å². The summed E-state index contributed by atoms with van der Waals surface area (Å²) in [5.41, 5.74) is 0. The number of fused-ring (bicyclic) bond motifs is 1. The van der Waals surface area contributed by atoms with Gasteiger partial charge in [0.15, 0.2) is 11.5 Å². The molecule has 22 heavy (non-hydrogen) atoms. The van der Waals surface area contributed by atoms with E-state index in [-0.39, 0.29) is 12.5 Å². The molecule has 0 saturated heterocycles. The van der Waals surface area contributed by atoms with E-state index in [0.29, 0.717) is 23.2 Å². The van der Waals surface area contributed by atoms with Crippen molar-refractivity contribution >= 4 is 11.7 Å². The predicted molar refractivity (Wildman–Crippen MR) is 82.0 cm³/mol. The molecule has 0 saturated carbocycles. The Kier molecular flexibility index (Phi) is 4.00. The van der Waals surface area contributed by atoms with Crippen molar-refractivity contribution in [1.29, 1.82) is 0 Å². The Morgan fingerprint density at radius 3 is 2.91 bits per heavy atom. The van der Waals surface area contributed by atoms with E-state index in [2.05, 4.69) is 24.3 Å². The van der Waals surface area contributed by atoms with Gasteiger partial charge in [0.1, 0.15) is 12.4 Å². The molecule has 1 N–H and O–H groups in total. The first-order valence-corrected chi connectivity index (χ1v) is 7.34. The zero-order valence-electron chi connectivity index (χ0n) is 12.7. The average Bonchev–Trinajstić information content (AvgIpc) is 2.93. The number of carbonyl (C=O) groups excluding carboxylic acids is 1. The third-order valence-electron chi connectivity index (χ3n) is 3.31. The lowest BCUT2D eigenvalue weighted by Gasteiger charge is -2.25. The molecule has 6 nitrogen and oxygen atoms in total. The number of amides is 1. The SMILES string of the molecule is CC(C)Cn1nccc1NC(=O)[C@H]1COc2ccccc2O1. The van der Waals surface area contributed by atoms with E-state index in [1.54, 1.807) is 23.0 Å². The van der Waals surface area contributed by atoms with Crippen LogP contribution < -0.4 is 14.8 Å². The smallest absolute Gasteiger partial charge is 0.270 e. The third kappa shape index (κ3) is 3.05.